The first-order valence-corrected chi connectivity index (χ1v) is 7.08. The second-order valence-corrected chi connectivity index (χ2v) is 5.30. The van der Waals surface area contributed by atoms with Gasteiger partial charge in [0.2, 0.25) is 0 Å². The van der Waals surface area contributed by atoms with Crippen LogP contribution < -0.4 is 10.6 Å². The van der Waals surface area contributed by atoms with Crippen molar-refractivity contribution < 1.29 is 0 Å². The molecule has 0 aromatic carbocycles. The Bertz CT molecular complexity index is 609. The normalized spacial score (nSPS) is 10.4. The van der Waals surface area contributed by atoms with Gasteiger partial charge in [0.15, 0.2) is 0 Å². The van der Waals surface area contributed by atoms with E-state index < -0.39 is 0 Å². The first-order valence-electron chi connectivity index (χ1n) is 6.27. The van der Waals surface area contributed by atoms with Gasteiger partial charge in [-0.25, -0.2) is 0 Å². The highest BCUT2D eigenvalue weighted by Gasteiger charge is 2.14. The third-order valence-corrected chi connectivity index (χ3v) is 4.25. The highest BCUT2D eigenvalue weighted by molar-refractivity contribution is 7.81. The lowest BCUT2D eigenvalue weighted by molar-refractivity contribution is 0.870. The topological polar surface area (TPSA) is 33.9 Å². The van der Waals surface area contributed by atoms with Crippen LogP contribution in [0.1, 0.15) is 11.4 Å². The van der Waals surface area contributed by atoms with Gasteiger partial charge >= 0.3 is 0 Å². The minimum Gasteiger partial charge on any atom is -0.378 e. The Hall–Kier alpha value is -1.66. The molecule has 4 nitrogen and oxygen atoms in total. The Kier molecular flexibility index (Phi) is 4.25. The maximum Gasteiger partial charge on any atom is 0.123 e. The fourth-order valence-electron chi connectivity index (χ4n) is 2.25. The van der Waals surface area contributed by atoms with Crippen LogP contribution in [-0.4, -0.2) is 33.2 Å². The standard InChI is InChI=1S/C14H18N4S2/c1-15-13(19)11-7-5-9(17(11)3)10-6-8-12(18(10)4)14(20)16-2/h5-8H,1-4H3,(H,15,19)(H,16,20). The monoisotopic (exact) mass is 306 g/mol. The van der Waals surface area contributed by atoms with Gasteiger partial charge in [-0.3, -0.25) is 0 Å². The molecule has 2 heterocycles. The van der Waals surface area contributed by atoms with Crippen molar-refractivity contribution in [2.75, 3.05) is 14.1 Å². The van der Waals surface area contributed by atoms with Crippen LogP contribution in [0.4, 0.5) is 0 Å². The summed E-state index contributed by atoms with van der Waals surface area (Å²) in [5.41, 5.74) is 4.20. The minimum absolute atomic E-state index is 0.735. The molecule has 0 radical (unpaired) electrons. The Labute approximate surface area is 129 Å². The van der Waals surface area contributed by atoms with Crippen molar-refractivity contribution in [3.8, 4) is 11.4 Å². The number of hydrogen-bond acceptors (Lipinski definition) is 2. The van der Waals surface area contributed by atoms with Gasteiger partial charge in [-0.2, -0.15) is 0 Å². The van der Waals surface area contributed by atoms with Crippen molar-refractivity contribution in [1.82, 2.24) is 19.8 Å². The van der Waals surface area contributed by atoms with Gasteiger partial charge in [-0.05, 0) is 24.3 Å². The largest absolute Gasteiger partial charge is 0.378 e. The first kappa shape index (κ1) is 14.7. The number of nitrogens with zero attached hydrogens (tertiary/aromatic N) is 2. The van der Waals surface area contributed by atoms with E-state index in [4.69, 9.17) is 24.4 Å². The molecular formula is C14H18N4S2. The van der Waals surface area contributed by atoms with E-state index in [1.807, 2.05) is 40.3 Å². The summed E-state index contributed by atoms with van der Waals surface area (Å²) in [6, 6.07) is 8.19. The van der Waals surface area contributed by atoms with Gasteiger partial charge in [-0.1, -0.05) is 24.4 Å². The molecule has 0 saturated heterocycles. The maximum atomic E-state index is 5.30. The van der Waals surface area contributed by atoms with Gasteiger partial charge in [-0.15, -0.1) is 0 Å². The maximum absolute atomic E-state index is 5.30. The molecule has 0 amide bonds. The molecule has 0 unspecified atom stereocenters. The quantitative estimate of drug-likeness (QED) is 0.848. The van der Waals surface area contributed by atoms with E-state index >= 15 is 0 Å². The molecule has 0 spiro atoms. The lowest BCUT2D eigenvalue weighted by Crippen LogP contribution is -2.20. The summed E-state index contributed by atoms with van der Waals surface area (Å²) < 4.78 is 4.17. The Balaban J connectivity index is 2.48. The molecule has 0 saturated carbocycles. The molecule has 20 heavy (non-hydrogen) atoms. The third-order valence-electron chi connectivity index (χ3n) is 3.43. The molecule has 0 aliphatic heterocycles. The van der Waals surface area contributed by atoms with Gasteiger partial charge in [0.1, 0.15) is 9.98 Å². The summed E-state index contributed by atoms with van der Waals surface area (Å²) in [5, 5.41) is 6.01. The Morgan fingerprint density at radius 1 is 0.800 bits per heavy atom. The molecule has 2 aromatic heterocycles. The minimum atomic E-state index is 0.735. The number of aromatic nitrogens is 2. The van der Waals surface area contributed by atoms with Crippen molar-refractivity contribution in [3.05, 3.63) is 35.7 Å². The van der Waals surface area contributed by atoms with Crippen LogP contribution in [0.5, 0.6) is 0 Å². The number of rotatable bonds is 3. The van der Waals surface area contributed by atoms with Crippen molar-refractivity contribution >= 4 is 34.4 Å². The van der Waals surface area contributed by atoms with E-state index in [-0.39, 0.29) is 0 Å². The average molecular weight is 306 g/mol. The summed E-state index contributed by atoms with van der Waals surface area (Å²) in [7, 11) is 7.69. The third kappa shape index (κ3) is 2.36. The van der Waals surface area contributed by atoms with Crippen molar-refractivity contribution in [1.29, 1.82) is 0 Å². The second kappa shape index (κ2) is 5.76. The van der Waals surface area contributed by atoms with E-state index in [9.17, 15) is 0 Å². The van der Waals surface area contributed by atoms with Crippen molar-refractivity contribution in [3.63, 3.8) is 0 Å². The Morgan fingerprint density at radius 2 is 1.15 bits per heavy atom. The van der Waals surface area contributed by atoms with E-state index in [0.29, 0.717) is 0 Å². The van der Waals surface area contributed by atoms with E-state index in [1.54, 1.807) is 0 Å². The highest BCUT2D eigenvalue weighted by Crippen LogP contribution is 2.24. The smallest absolute Gasteiger partial charge is 0.123 e. The fourth-order valence-corrected chi connectivity index (χ4v) is 2.66. The average Bonchev–Trinajstić information content (AvgIpc) is 3.00. The predicted molar refractivity (Wildman–Crippen MR) is 91.3 cm³/mol. The molecule has 2 rings (SSSR count). The second-order valence-electron chi connectivity index (χ2n) is 4.48. The molecule has 0 atom stereocenters. The van der Waals surface area contributed by atoms with Crippen LogP contribution >= 0.6 is 24.4 Å². The number of thiocarbonyl (C=S) groups is 2. The summed E-state index contributed by atoms with van der Waals surface area (Å²) >= 11 is 10.6. The number of hydrogen-bond donors (Lipinski definition) is 2. The van der Waals surface area contributed by atoms with Gasteiger partial charge in [0.25, 0.3) is 0 Å². The zero-order valence-electron chi connectivity index (χ0n) is 12.0. The molecule has 6 heteroatoms. The van der Waals surface area contributed by atoms with Gasteiger partial charge in [0, 0.05) is 28.2 Å². The van der Waals surface area contributed by atoms with E-state index in [1.165, 1.54) is 0 Å². The zero-order valence-corrected chi connectivity index (χ0v) is 13.7. The van der Waals surface area contributed by atoms with Crippen LogP contribution in [0, 0.1) is 0 Å². The summed E-state index contributed by atoms with van der Waals surface area (Å²) in [6.07, 6.45) is 0. The van der Waals surface area contributed by atoms with Crippen LogP contribution in [0.25, 0.3) is 11.4 Å². The lowest BCUT2D eigenvalue weighted by Gasteiger charge is -2.11. The van der Waals surface area contributed by atoms with Gasteiger partial charge in [0.05, 0.1) is 22.8 Å². The molecule has 0 aliphatic carbocycles. The van der Waals surface area contributed by atoms with Gasteiger partial charge < -0.3 is 19.8 Å². The van der Waals surface area contributed by atoms with Crippen LogP contribution in [0.2, 0.25) is 0 Å². The zero-order chi connectivity index (χ0) is 14.9. The highest BCUT2D eigenvalue weighted by atomic mass is 32.1. The van der Waals surface area contributed by atoms with Crippen molar-refractivity contribution in [2.24, 2.45) is 14.1 Å². The van der Waals surface area contributed by atoms with E-state index in [0.717, 1.165) is 32.8 Å². The summed E-state index contributed by atoms with van der Waals surface area (Å²) in [5.74, 6) is 0. The first-order chi connectivity index (χ1) is 9.51. The van der Waals surface area contributed by atoms with Crippen molar-refractivity contribution in [2.45, 2.75) is 0 Å². The summed E-state index contributed by atoms with van der Waals surface area (Å²) in [6.45, 7) is 0. The van der Waals surface area contributed by atoms with Crippen LogP contribution in [0.3, 0.4) is 0 Å². The molecular weight excluding hydrogens is 288 g/mol. The molecule has 0 fully saturated rings. The fraction of sp³-hybridized carbons (Fsp3) is 0.286. The van der Waals surface area contributed by atoms with Crippen LogP contribution in [-0.2, 0) is 14.1 Å². The molecule has 0 aliphatic rings. The molecule has 0 bridgehead atoms. The number of nitrogens with one attached hydrogen (secondary N) is 2. The van der Waals surface area contributed by atoms with E-state index in [2.05, 4.69) is 31.9 Å². The lowest BCUT2D eigenvalue weighted by atomic mass is 10.3. The molecule has 2 N–H and O–H groups in total. The summed E-state index contributed by atoms with van der Waals surface area (Å²) in [4.78, 5) is 1.47. The molecule has 106 valence electrons. The Morgan fingerprint density at radius 3 is 1.45 bits per heavy atom. The molecule has 2 aromatic rings. The van der Waals surface area contributed by atoms with Crippen LogP contribution in [0.15, 0.2) is 24.3 Å². The SMILES string of the molecule is CNC(=S)c1ccc(-c2ccc(C(=S)NC)n2C)n1C. The predicted octanol–water partition coefficient (Wildman–Crippen LogP) is 1.82.